The number of hydrogen-bond donors (Lipinski definition) is 2. The number of aliphatic hydroxyl groups is 2. The summed E-state index contributed by atoms with van der Waals surface area (Å²) < 4.78 is 5.51. The summed E-state index contributed by atoms with van der Waals surface area (Å²) in [6.45, 7) is 5.95. The first-order chi connectivity index (χ1) is 7.92. The maximum Gasteiger partial charge on any atom is 0.119 e. The average Bonchev–Trinajstić information content (AvgIpc) is 2.27. The van der Waals surface area contributed by atoms with Crippen LogP contribution in [0.1, 0.15) is 45.3 Å². The van der Waals surface area contributed by atoms with Gasteiger partial charge in [-0.3, -0.25) is 0 Å². The number of benzene rings is 1. The van der Waals surface area contributed by atoms with Crippen molar-refractivity contribution in [1.29, 1.82) is 0 Å². The minimum atomic E-state index is -0.696. The second-order valence-corrected chi connectivity index (χ2v) is 4.90. The molecule has 0 aliphatic heterocycles. The van der Waals surface area contributed by atoms with Crippen LogP contribution in [0.5, 0.6) is 5.75 Å². The van der Waals surface area contributed by atoms with E-state index in [1.807, 2.05) is 31.2 Å². The molecule has 1 atom stereocenters. The van der Waals surface area contributed by atoms with E-state index >= 15 is 0 Å². The highest BCUT2D eigenvalue weighted by Crippen LogP contribution is 2.20. The van der Waals surface area contributed by atoms with Crippen LogP contribution in [0.15, 0.2) is 24.3 Å². The largest absolute Gasteiger partial charge is 0.493 e. The van der Waals surface area contributed by atoms with Gasteiger partial charge >= 0.3 is 0 Å². The molecule has 96 valence electrons. The van der Waals surface area contributed by atoms with Gasteiger partial charge in [0.2, 0.25) is 0 Å². The molecular formula is C14H22O3. The zero-order valence-electron chi connectivity index (χ0n) is 10.8. The van der Waals surface area contributed by atoms with Crippen molar-refractivity contribution in [2.45, 2.75) is 45.3 Å². The third-order valence-electron chi connectivity index (χ3n) is 2.63. The maximum absolute atomic E-state index is 9.63. The van der Waals surface area contributed by atoms with Gasteiger partial charge in [-0.1, -0.05) is 19.1 Å². The van der Waals surface area contributed by atoms with Crippen LogP contribution in [-0.2, 0) is 0 Å². The molecule has 1 aromatic carbocycles. The lowest BCUT2D eigenvalue weighted by atomic mass is 10.1. The Morgan fingerprint density at radius 2 is 1.82 bits per heavy atom. The molecule has 0 bridgehead atoms. The van der Waals surface area contributed by atoms with Crippen LogP contribution in [0.2, 0.25) is 0 Å². The van der Waals surface area contributed by atoms with E-state index in [-0.39, 0.29) is 0 Å². The molecule has 1 aromatic rings. The average molecular weight is 238 g/mol. The van der Waals surface area contributed by atoms with Gasteiger partial charge in [0, 0.05) is 6.42 Å². The minimum absolute atomic E-state index is 0.402. The predicted octanol–water partition coefficient (Wildman–Crippen LogP) is 2.67. The van der Waals surface area contributed by atoms with E-state index in [0.29, 0.717) is 19.4 Å². The van der Waals surface area contributed by atoms with E-state index in [0.717, 1.165) is 11.3 Å². The molecular weight excluding hydrogens is 216 g/mol. The Morgan fingerprint density at radius 3 is 2.29 bits per heavy atom. The summed E-state index contributed by atoms with van der Waals surface area (Å²) in [5, 5.41) is 19.2. The molecule has 0 radical (unpaired) electrons. The summed E-state index contributed by atoms with van der Waals surface area (Å²) in [6.07, 6.45) is 0.894. The van der Waals surface area contributed by atoms with Gasteiger partial charge in [0.25, 0.3) is 0 Å². The SMILES string of the molecule is CCC(O)c1ccc(OCCC(C)(C)O)cc1. The summed E-state index contributed by atoms with van der Waals surface area (Å²) in [4.78, 5) is 0. The van der Waals surface area contributed by atoms with Crippen molar-refractivity contribution in [3.8, 4) is 5.75 Å². The van der Waals surface area contributed by atoms with Gasteiger partial charge in [-0.2, -0.15) is 0 Å². The molecule has 17 heavy (non-hydrogen) atoms. The van der Waals surface area contributed by atoms with Gasteiger partial charge in [-0.05, 0) is 38.0 Å². The van der Waals surface area contributed by atoms with Crippen molar-refractivity contribution in [2.24, 2.45) is 0 Å². The number of aliphatic hydroxyl groups excluding tert-OH is 1. The lowest BCUT2D eigenvalue weighted by molar-refractivity contribution is 0.0553. The van der Waals surface area contributed by atoms with E-state index in [1.54, 1.807) is 13.8 Å². The van der Waals surface area contributed by atoms with Crippen molar-refractivity contribution in [3.05, 3.63) is 29.8 Å². The lowest BCUT2D eigenvalue weighted by Crippen LogP contribution is -2.21. The van der Waals surface area contributed by atoms with Crippen molar-refractivity contribution in [2.75, 3.05) is 6.61 Å². The highest BCUT2D eigenvalue weighted by molar-refractivity contribution is 5.28. The fraction of sp³-hybridized carbons (Fsp3) is 0.571. The quantitative estimate of drug-likeness (QED) is 0.801. The summed E-state index contributed by atoms with van der Waals surface area (Å²) >= 11 is 0. The molecule has 0 saturated heterocycles. The Labute approximate surface area is 103 Å². The van der Waals surface area contributed by atoms with Crippen LogP contribution in [0.25, 0.3) is 0 Å². The van der Waals surface area contributed by atoms with E-state index in [9.17, 15) is 10.2 Å². The van der Waals surface area contributed by atoms with Gasteiger partial charge < -0.3 is 14.9 Å². The number of rotatable bonds is 6. The molecule has 0 aliphatic carbocycles. The normalized spacial score (nSPS) is 13.5. The molecule has 1 unspecified atom stereocenters. The summed E-state index contributed by atoms with van der Waals surface area (Å²) in [5.74, 6) is 0.765. The van der Waals surface area contributed by atoms with Gasteiger partial charge in [-0.15, -0.1) is 0 Å². The fourth-order valence-electron chi connectivity index (χ4n) is 1.44. The predicted molar refractivity (Wildman–Crippen MR) is 68.1 cm³/mol. The Bertz CT molecular complexity index is 324. The zero-order chi connectivity index (χ0) is 12.9. The van der Waals surface area contributed by atoms with Gasteiger partial charge in [-0.25, -0.2) is 0 Å². The number of hydrogen-bond acceptors (Lipinski definition) is 3. The second kappa shape index (κ2) is 6.03. The van der Waals surface area contributed by atoms with Crippen molar-refractivity contribution >= 4 is 0 Å². The molecule has 0 heterocycles. The van der Waals surface area contributed by atoms with Crippen LogP contribution in [-0.4, -0.2) is 22.4 Å². The standard InChI is InChI=1S/C14H22O3/c1-4-13(15)11-5-7-12(8-6-11)17-10-9-14(2,3)16/h5-8,13,15-16H,4,9-10H2,1-3H3. The molecule has 3 nitrogen and oxygen atoms in total. The monoisotopic (exact) mass is 238 g/mol. The fourth-order valence-corrected chi connectivity index (χ4v) is 1.44. The molecule has 2 N–H and O–H groups in total. The van der Waals surface area contributed by atoms with Gasteiger partial charge in [0.1, 0.15) is 5.75 Å². The van der Waals surface area contributed by atoms with E-state index in [2.05, 4.69) is 0 Å². The van der Waals surface area contributed by atoms with E-state index < -0.39 is 11.7 Å². The maximum atomic E-state index is 9.63. The van der Waals surface area contributed by atoms with Crippen LogP contribution in [0, 0.1) is 0 Å². The molecule has 0 fully saturated rings. The first-order valence-electron chi connectivity index (χ1n) is 6.05. The third-order valence-corrected chi connectivity index (χ3v) is 2.63. The van der Waals surface area contributed by atoms with Gasteiger partial charge in [0.05, 0.1) is 18.3 Å². The molecule has 0 spiro atoms. The Balaban J connectivity index is 2.46. The highest BCUT2D eigenvalue weighted by atomic mass is 16.5. The second-order valence-electron chi connectivity index (χ2n) is 4.90. The van der Waals surface area contributed by atoms with Crippen molar-refractivity contribution in [1.82, 2.24) is 0 Å². The summed E-state index contributed by atoms with van der Waals surface area (Å²) in [5.41, 5.74) is 0.209. The van der Waals surface area contributed by atoms with Crippen molar-refractivity contribution < 1.29 is 14.9 Å². The third kappa shape index (κ3) is 5.20. The van der Waals surface area contributed by atoms with Crippen LogP contribution < -0.4 is 4.74 Å². The van der Waals surface area contributed by atoms with Crippen LogP contribution in [0.3, 0.4) is 0 Å². The first-order valence-corrected chi connectivity index (χ1v) is 6.05. The van der Waals surface area contributed by atoms with Gasteiger partial charge in [0.15, 0.2) is 0 Å². The Hall–Kier alpha value is -1.06. The van der Waals surface area contributed by atoms with Crippen LogP contribution >= 0.6 is 0 Å². The molecule has 0 amide bonds. The molecule has 0 saturated carbocycles. The van der Waals surface area contributed by atoms with Crippen molar-refractivity contribution in [3.63, 3.8) is 0 Å². The minimum Gasteiger partial charge on any atom is -0.493 e. The highest BCUT2D eigenvalue weighted by Gasteiger charge is 2.12. The summed E-state index contributed by atoms with van der Waals surface area (Å²) in [6, 6.07) is 7.43. The van der Waals surface area contributed by atoms with Crippen LogP contribution in [0.4, 0.5) is 0 Å². The number of ether oxygens (including phenoxy) is 1. The molecule has 0 aromatic heterocycles. The lowest BCUT2D eigenvalue weighted by Gasteiger charge is -2.17. The van der Waals surface area contributed by atoms with E-state index in [4.69, 9.17) is 4.74 Å². The molecule has 0 aliphatic rings. The summed E-state index contributed by atoms with van der Waals surface area (Å²) in [7, 11) is 0. The smallest absolute Gasteiger partial charge is 0.119 e. The van der Waals surface area contributed by atoms with E-state index in [1.165, 1.54) is 0 Å². The molecule has 1 rings (SSSR count). The zero-order valence-corrected chi connectivity index (χ0v) is 10.8. The topological polar surface area (TPSA) is 49.7 Å². The Kier molecular flexibility index (Phi) is 4.97. The molecule has 3 heteroatoms. The first kappa shape index (κ1) is 14.0. The Morgan fingerprint density at radius 1 is 1.24 bits per heavy atom.